The van der Waals surface area contributed by atoms with Gasteiger partial charge in [-0.2, -0.15) is 0 Å². The summed E-state index contributed by atoms with van der Waals surface area (Å²) in [5, 5.41) is 9.55. The lowest BCUT2D eigenvalue weighted by Crippen LogP contribution is -2.41. The van der Waals surface area contributed by atoms with Gasteiger partial charge in [-0.05, 0) is 43.4 Å². The van der Waals surface area contributed by atoms with Gasteiger partial charge in [0.2, 0.25) is 0 Å². The second-order valence-electron chi connectivity index (χ2n) is 6.05. The molecule has 2 nitrogen and oxygen atoms in total. The standard InChI is InChI=1S/C15H26O2/c1-2-3-6-12-10-9-11-7-4-5-8-13(11)14(12)15(16)17/h11-14H,2-10H2,1H3,(H,16,17)/t11-,12+,13+,14-/m0/s1. The van der Waals surface area contributed by atoms with E-state index in [-0.39, 0.29) is 5.92 Å². The minimum absolute atomic E-state index is 0.0272. The first-order chi connectivity index (χ1) is 8.24. The molecule has 4 atom stereocenters. The van der Waals surface area contributed by atoms with Crippen molar-refractivity contribution in [2.45, 2.75) is 64.7 Å². The fourth-order valence-electron chi connectivity index (χ4n) is 4.20. The number of hydrogen-bond donors (Lipinski definition) is 1. The van der Waals surface area contributed by atoms with E-state index in [1.165, 1.54) is 44.9 Å². The van der Waals surface area contributed by atoms with E-state index in [1.54, 1.807) is 0 Å². The molecule has 0 radical (unpaired) electrons. The molecule has 0 unspecified atom stereocenters. The van der Waals surface area contributed by atoms with Crippen molar-refractivity contribution in [1.29, 1.82) is 0 Å². The Morgan fingerprint density at radius 1 is 1.18 bits per heavy atom. The van der Waals surface area contributed by atoms with Crippen molar-refractivity contribution in [3.63, 3.8) is 0 Å². The fourth-order valence-corrected chi connectivity index (χ4v) is 4.20. The molecule has 0 aromatic carbocycles. The number of rotatable bonds is 4. The summed E-state index contributed by atoms with van der Waals surface area (Å²) in [4.78, 5) is 11.6. The van der Waals surface area contributed by atoms with Crippen LogP contribution in [-0.2, 0) is 4.79 Å². The second-order valence-corrected chi connectivity index (χ2v) is 6.05. The third kappa shape index (κ3) is 2.83. The van der Waals surface area contributed by atoms with Crippen molar-refractivity contribution in [2.24, 2.45) is 23.7 Å². The Kier molecular flexibility index (Phi) is 4.47. The zero-order valence-corrected chi connectivity index (χ0v) is 11.0. The monoisotopic (exact) mass is 238 g/mol. The molecule has 0 heterocycles. The van der Waals surface area contributed by atoms with Crippen molar-refractivity contribution < 1.29 is 9.90 Å². The van der Waals surface area contributed by atoms with Crippen LogP contribution in [0.5, 0.6) is 0 Å². The highest BCUT2D eigenvalue weighted by atomic mass is 16.4. The van der Waals surface area contributed by atoms with E-state index in [0.29, 0.717) is 11.8 Å². The Balaban J connectivity index is 2.05. The molecule has 98 valence electrons. The van der Waals surface area contributed by atoms with Crippen molar-refractivity contribution in [2.75, 3.05) is 0 Å². The maximum Gasteiger partial charge on any atom is 0.307 e. The Bertz CT molecular complexity index is 262. The summed E-state index contributed by atoms with van der Waals surface area (Å²) < 4.78 is 0. The first-order valence-corrected chi connectivity index (χ1v) is 7.46. The molecular weight excluding hydrogens is 212 g/mol. The highest BCUT2D eigenvalue weighted by Gasteiger charge is 2.43. The number of aliphatic carboxylic acids is 1. The van der Waals surface area contributed by atoms with E-state index in [4.69, 9.17) is 0 Å². The molecule has 0 amide bonds. The molecule has 2 rings (SSSR count). The van der Waals surface area contributed by atoms with Gasteiger partial charge in [-0.1, -0.05) is 39.0 Å². The average molecular weight is 238 g/mol. The average Bonchev–Trinajstić information content (AvgIpc) is 2.35. The summed E-state index contributed by atoms with van der Waals surface area (Å²) in [5.41, 5.74) is 0. The van der Waals surface area contributed by atoms with Crippen LogP contribution in [0.3, 0.4) is 0 Å². The van der Waals surface area contributed by atoms with Crippen LogP contribution in [0.1, 0.15) is 64.7 Å². The molecule has 2 heteroatoms. The molecule has 0 aromatic heterocycles. The number of carboxylic acids is 1. The highest BCUT2D eigenvalue weighted by Crippen LogP contribution is 2.47. The predicted molar refractivity (Wildman–Crippen MR) is 68.8 cm³/mol. The summed E-state index contributed by atoms with van der Waals surface area (Å²) in [6, 6.07) is 0. The maximum atomic E-state index is 11.6. The van der Waals surface area contributed by atoms with Gasteiger partial charge in [-0.3, -0.25) is 4.79 Å². The van der Waals surface area contributed by atoms with E-state index < -0.39 is 5.97 Å². The van der Waals surface area contributed by atoms with Crippen molar-refractivity contribution >= 4 is 5.97 Å². The molecular formula is C15H26O2. The lowest BCUT2D eigenvalue weighted by molar-refractivity contribution is -0.150. The minimum Gasteiger partial charge on any atom is -0.481 e. The van der Waals surface area contributed by atoms with Gasteiger partial charge in [0.1, 0.15) is 0 Å². The van der Waals surface area contributed by atoms with E-state index in [1.807, 2.05) is 0 Å². The number of fused-ring (bicyclic) bond motifs is 1. The summed E-state index contributed by atoms with van der Waals surface area (Å²) in [6.07, 6.45) is 11.0. The Hall–Kier alpha value is -0.530. The van der Waals surface area contributed by atoms with Gasteiger partial charge in [0.25, 0.3) is 0 Å². The van der Waals surface area contributed by atoms with Crippen LogP contribution < -0.4 is 0 Å². The van der Waals surface area contributed by atoms with Crippen molar-refractivity contribution in [3.05, 3.63) is 0 Å². The fraction of sp³-hybridized carbons (Fsp3) is 0.933. The van der Waals surface area contributed by atoms with E-state index in [9.17, 15) is 9.90 Å². The Labute approximate surface area is 105 Å². The van der Waals surface area contributed by atoms with Crippen molar-refractivity contribution in [3.8, 4) is 0 Å². The summed E-state index contributed by atoms with van der Waals surface area (Å²) in [7, 11) is 0. The third-order valence-electron chi connectivity index (χ3n) is 5.06. The van der Waals surface area contributed by atoms with E-state index >= 15 is 0 Å². The van der Waals surface area contributed by atoms with Crippen LogP contribution in [0.25, 0.3) is 0 Å². The lowest BCUT2D eigenvalue weighted by atomic mass is 9.60. The van der Waals surface area contributed by atoms with Gasteiger partial charge in [0, 0.05) is 0 Å². The van der Waals surface area contributed by atoms with Gasteiger partial charge < -0.3 is 5.11 Å². The maximum absolute atomic E-state index is 11.6. The topological polar surface area (TPSA) is 37.3 Å². The predicted octanol–water partition coefficient (Wildman–Crippen LogP) is 4.09. The smallest absolute Gasteiger partial charge is 0.307 e. The Morgan fingerprint density at radius 2 is 1.94 bits per heavy atom. The van der Waals surface area contributed by atoms with E-state index in [0.717, 1.165) is 18.8 Å². The van der Waals surface area contributed by atoms with Crippen LogP contribution in [0, 0.1) is 23.7 Å². The van der Waals surface area contributed by atoms with Gasteiger partial charge >= 0.3 is 5.97 Å². The lowest BCUT2D eigenvalue weighted by Gasteiger charge is -2.44. The second kappa shape index (κ2) is 5.88. The molecule has 1 N–H and O–H groups in total. The zero-order chi connectivity index (χ0) is 12.3. The molecule has 0 bridgehead atoms. The summed E-state index contributed by atoms with van der Waals surface area (Å²) >= 11 is 0. The quantitative estimate of drug-likeness (QED) is 0.800. The molecule has 2 fully saturated rings. The normalized spacial score (nSPS) is 37.5. The van der Waals surface area contributed by atoms with E-state index in [2.05, 4.69) is 6.92 Å². The van der Waals surface area contributed by atoms with Gasteiger partial charge in [-0.15, -0.1) is 0 Å². The van der Waals surface area contributed by atoms with Gasteiger partial charge in [0.15, 0.2) is 0 Å². The van der Waals surface area contributed by atoms with Crippen LogP contribution in [0.15, 0.2) is 0 Å². The third-order valence-corrected chi connectivity index (χ3v) is 5.06. The Morgan fingerprint density at radius 3 is 2.65 bits per heavy atom. The largest absolute Gasteiger partial charge is 0.481 e. The van der Waals surface area contributed by atoms with Crippen LogP contribution >= 0.6 is 0 Å². The molecule has 0 aliphatic heterocycles. The molecule has 2 aliphatic rings. The number of hydrogen-bond acceptors (Lipinski definition) is 1. The summed E-state index contributed by atoms with van der Waals surface area (Å²) in [5.74, 6) is 1.15. The van der Waals surface area contributed by atoms with Gasteiger partial charge in [-0.25, -0.2) is 0 Å². The highest BCUT2D eigenvalue weighted by molar-refractivity contribution is 5.71. The molecule has 0 spiro atoms. The number of carbonyl (C=O) groups is 1. The summed E-state index contributed by atoms with van der Waals surface area (Å²) in [6.45, 7) is 2.20. The molecule has 0 saturated heterocycles. The molecule has 0 aromatic rings. The SMILES string of the molecule is CCCC[C@@H]1CC[C@@H]2CCCC[C@H]2[C@H]1C(=O)O. The van der Waals surface area contributed by atoms with Crippen molar-refractivity contribution in [1.82, 2.24) is 0 Å². The zero-order valence-electron chi connectivity index (χ0n) is 11.0. The van der Waals surface area contributed by atoms with Crippen LogP contribution in [-0.4, -0.2) is 11.1 Å². The first-order valence-electron chi connectivity index (χ1n) is 7.46. The number of carboxylic acid groups (broad SMARTS) is 1. The number of unbranched alkanes of at least 4 members (excludes halogenated alkanes) is 1. The molecule has 2 aliphatic carbocycles. The molecule has 2 saturated carbocycles. The minimum atomic E-state index is -0.511. The molecule has 17 heavy (non-hydrogen) atoms. The van der Waals surface area contributed by atoms with Gasteiger partial charge in [0.05, 0.1) is 5.92 Å². The van der Waals surface area contributed by atoms with Crippen LogP contribution in [0.4, 0.5) is 0 Å². The first kappa shape index (κ1) is 12.9. The van der Waals surface area contributed by atoms with Crippen LogP contribution in [0.2, 0.25) is 0 Å².